The van der Waals surface area contributed by atoms with Gasteiger partial charge in [0, 0.05) is 26.7 Å². The van der Waals surface area contributed by atoms with Crippen LogP contribution >= 0.6 is 23.2 Å². The number of hydrogen-bond donors (Lipinski definition) is 0. The summed E-state index contributed by atoms with van der Waals surface area (Å²) in [6, 6.07) is 38.8. The maximum absolute atomic E-state index is 14.1. The lowest BCUT2D eigenvalue weighted by atomic mass is 10.00. The van der Waals surface area contributed by atoms with Crippen molar-refractivity contribution in [3.63, 3.8) is 0 Å². The standard InChI is InChI=1S/C18H21F.C15H14ClF.C14H12ClF/c1-3-4-5-6-15-9-12-17(18(19)13-15)16-10-7-14(2)8-11-16;1-2-3-11-4-9-14(15(17)10-11)12-5-7-13(16)8-6-12;1-2-10-3-8-13(14(16)9-10)11-4-6-12(15)7-5-11/h7-13H,3-6H2,1-2H3;4-10H,2-3H2,1H3;3-9H,2H2,1H3. The zero-order valence-corrected chi connectivity index (χ0v) is 32.0. The Kier molecular flexibility index (Phi) is 16.1. The molecule has 6 aromatic rings. The summed E-state index contributed by atoms with van der Waals surface area (Å²) in [7, 11) is 0. The maximum Gasteiger partial charge on any atom is 0.131 e. The Morgan fingerprint density at radius 2 is 0.808 bits per heavy atom. The molecule has 0 spiro atoms. The fourth-order valence-electron chi connectivity index (χ4n) is 5.77. The second-order valence-corrected chi connectivity index (χ2v) is 13.8. The zero-order chi connectivity index (χ0) is 37.5. The summed E-state index contributed by atoms with van der Waals surface area (Å²) >= 11 is 11.6. The van der Waals surface area contributed by atoms with Crippen LogP contribution in [0.15, 0.2) is 127 Å². The average Bonchev–Trinajstić information content (AvgIpc) is 3.14. The number of benzene rings is 6. The first-order chi connectivity index (χ1) is 25.1. The highest BCUT2D eigenvalue weighted by atomic mass is 35.5. The van der Waals surface area contributed by atoms with Gasteiger partial charge in [0.2, 0.25) is 0 Å². The second-order valence-electron chi connectivity index (χ2n) is 12.9. The molecular weight excluding hydrogens is 692 g/mol. The summed E-state index contributed by atoms with van der Waals surface area (Å²) in [5.41, 5.74) is 8.94. The van der Waals surface area contributed by atoms with Crippen molar-refractivity contribution < 1.29 is 13.2 Å². The average molecular weight is 740 g/mol. The minimum Gasteiger partial charge on any atom is -0.206 e. The van der Waals surface area contributed by atoms with Crippen LogP contribution in [-0.2, 0) is 19.3 Å². The summed E-state index contributed by atoms with van der Waals surface area (Å²) < 4.78 is 41.9. The normalized spacial score (nSPS) is 10.6. The molecule has 0 saturated carbocycles. The molecule has 0 aromatic heterocycles. The largest absolute Gasteiger partial charge is 0.206 e. The summed E-state index contributed by atoms with van der Waals surface area (Å²) in [5.74, 6) is -0.460. The third kappa shape index (κ3) is 12.1. The monoisotopic (exact) mass is 738 g/mol. The van der Waals surface area contributed by atoms with Gasteiger partial charge >= 0.3 is 0 Å². The van der Waals surface area contributed by atoms with Crippen LogP contribution in [0, 0.1) is 24.4 Å². The molecular formula is C47H47Cl2F3. The molecule has 0 saturated heterocycles. The molecule has 0 aliphatic carbocycles. The maximum atomic E-state index is 14.1. The van der Waals surface area contributed by atoms with Gasteiger partial charge in [-0.05, 0) is 108 Å². The minimum atomic E-state index is -0.179. The molecule has 6 aromatic carbocycles. The van der Waals surface area contributed by atoms with Crippen molar-refractivity contribution in [2.75, 3.05) is 0 Å². The van der Waals surface area contributed by atoms with Gasteiger partial charge in [-0.25, -0.2) is 13.2 Å². The van der Waals surface area contributed by atoms with Crippen molar-refractivity contribution in [3.8, 4) is 33.4 Å². The van der Waals surface area contributed by atoms with Crippen LogP contribution in [-0.4, -0.2) is 0 Å². The van der Waals surface area contributed by atoms with Crippen molar-refractivity contribution in [1.29, 1.82) is 0 Å². The van der Waals surface area contributed by atoms with Gasteiger partial charge in [-0.15, -0.1) is 0 Å². The highest BCUT2D eigenvalue weighted by molar-refractivity contribution is 6.30. The van der Waals surface area contributed by atoms with E-state index in [0.29, 0.717) is 26.7 Å². The van der Waals surface area contributed by atoms with E-state index in [2.05, 4.69) is 13.8 Å². The summed E-state index contributed by atoms with van der Waals surface area (Å²) in [5, 5.41) is 1.33. The van der Waals surface area contributed by atoms with E-state index in [1.54, 1.807) is 42.5 Å². The van der Waals surface area contributed by atoms with Crippen LogP contribution in [0.4, 0.5) is 13.2 Å². The quantitative estimate of drug-likeness (QED) is 0.123. The van der Waals surface area contributed by atoms with Crippen molar-refractivity contribution in [3.05, 3.63) is 177 Å². The second kappa shape index (κ2) is 20.7. The molecule has 5 heteroatoms. The fraction of sp³-hybridized carbons (Fsp3) is 0.234. The molecule has 0 fully saturated rings. The van der Waals surface area contributed by atoms with Crippen molar-refractivity contribution in [1.82, 2.24) is 0 Å². The van der Waals surface area contributed by atoms with Crippen LogP contribution in [0.5, 0.6) is 0 Å². The van der Waals surface area contributed by atoms with E-state index in [1.807, 2.05) is 98.8 Å². The van der Waals surface area contributed by atoms with Crippen LogP contribution in [0.1, 0.15) is 68.7 Å². The van der Waals surface area contributed by atoms with Gasteiger partial charge in [-0.3, -0.25) is 0 Å². The summed E-state index contributed by atoms with van der Waals surface area (Å²) in [6.07, 6.45) is 7.30. The number of unbranched alkanes of at least 4 members (excludes halogenated alkanes) is 2. The van der Waals surface area contributed by atoms with Gasteiger partial charge in [0.1, 0.15) is 17.5 Å². The molecule has 0 aliphatic heterocycles. The van der Waals surface area contributed by atoms with Gasteiger partial charge in [0.15, 0.2) is 0 Å². The predicted molar refractivity (Wildman–Crippen MR) is 217 cm³/mol. The van der Waals surface area contributed by atoms with Crippen molar-refractivity contribution in [2.45, 2.75) is 72.6 Å². The topological polar surface area (TPSA) is 0 Å². The van der Waals surface area contributed by atoms with E-state index < -0.39 is 0 Å². The molecule has 0 amide bonds. The molecule has 0 heterocycles. The van der Waals surface area contributed by atoms with Gasteiger partial charge in [0.05, 0.1) is 0 Å². The molecule has 270 valence electrons. The number of hydrogen-bond acceptors (Lipinski definition) is 0. The zero-order valence-electron chi connectivity index (χ0n) is 30.5. The van der Waals surface area contributed by atoms with Crippen LogP contribution in [0.25, 0.3) is 33.4 Å². The molecule has 0 N–H and O–H groups in total. The number of halogens is 5. The smallest absolute Gasteiger partial charge is 0.131 e. The Balaban J connectivity index is 0.000000175. The molecule has 0 aliphatic rings. The van der Waals surface area contributed by atoms with Crippen LogP contribution in [0.3, 0.4) is 0 Å². The summed E-state index contributed by atoms with van der Waals surface area (Å²) in [4.78, 5) is 0. The number of rotatable bonds is 10. The molecule has 0 bridgehead atoms. The number of aryl methyl sites for hydroxylation is 4. The molecule has 0 atom stereocenters. The fourth-order valence-corrected chi connectivity index (χ4v) is 6.02. The predicted octanol–water partition coefficient (Wildman–Crippen LogP) is 15.3. The van der Waals surface area contributed by atoms with Gasteiger partial charge < -0.3 is 0 Å². The van der Waals surface area contributed by atoms with Crippen molar-refractivity contribution >= 4 is 23.2 Å². The van der Waals surface area contributed by atoms with Crippen LogP contribution < -0.4 is 0 Å². The van der Waals surface area contributed by atoms with E-state index in [0.717, 1.165) is 65.5 Å². The Bertz CT molecular complexity index is 1980. The van der Waals surface area contributed by atoms with Crippen molar-refractivity contribution in [2.24, 2.45) is 0 Å². The lowest BCUT2D eigenvalue weighted by Crippen LogP contribution is -1.90. The summed E-state index contributed by atoms with van der Waals surface area (Å²) in [6.45, 7) is 8.32. The molecule has 0 radical (unpaired) electrons. The van der Waals surface area contributed by atoms with E-state index in [1.165, 1.54) is 18.4 Å². The third-order valence-electron chi connectivity index (χ3n) is 8.79. The molecule has 0 nitrogen and oxygen atoms in total. The Hall–Kier alpha value is -4.31. The highest BCUT2D eigenvalue weighted by Gasteiger charge is 2.08. The van der Waals surface area contributed by atoms with E-state index in [9.17, 15) is 13.2 Å². The van der Waals surface area contributed by atoms with E-state index >= 15 is 0 Å². The van der Waals surface area contributed by atoms with Gasteiger partial charge in [-0.2, -0.15) is 0 Å². The SMILES string of the molecule is CCCCCc1ccc(-c2ccc(C)cc2)c(F)c1.CCCc1ccc(-c2ccc(Cl)cc2)c(F)c1.CCc1ccc(-c2ccc(Cl)cc2)c(F)c1. The van der Waals surface area contributed by atoms with Crippen LogP contribution in [0.2, 0.25) is 10.0 Å². The first-order valence-electron chi connectivity index (χ1n) is 18.1. The third-order valence-corrected chi connectivity index (χ3v) is 9.29. The van der Waals surface area contributed by atoms with Gasteiger partial charge in [-0.1, -0.05) is 154 Å². The Morgan fingerprint density at radius 1 is 0.423 bits per heavy atom. The minimum absolute atomic E-state index is 0.113. The lowest BCUT2D eigenvalue weighted by Gasteiger charge is -2.07. The lowest BCUT2D eigenvalue weighted by molar-refractivity contribution is 0.626. The molecule has 0 unspecified atom stereocenters. The molecule has 6 rings (SSSR count). The first kappa shape index (κ1) is 40.5. The van der Waals surface area contributed by atoms with E-state index in [4.69, 9.17) is 23.2 Å². The van der Waals surface area contributed by atoms with E-state index in [-0.39, 0.29) is 17.5 Å². The Labute approximate surface area is 318 Å². The molecule has 52 heavy (non-hydrogen) atoms. The highest BCUT2D eigenvalue weighted by Crippen LogP contribution is 2.27. The Morgan fingerprint density at radius 3 is 1.19 bits per heavy atom. The van der Waals surface area contributed by atoms with Gasteiger partial charge in [0.25, 0.3) is 0 Å². The first-order valence-corrected chi connectivity index (χ1v) is 18.8.